The molecule has 17 heavy (non-hydrogen) atoms. The van der Waals surface area contributed by atoms with E-state index in [4.69, 9.17) is 5.73 Å². The van der Waals surface area contributed by atoms with Crippen molar-refractivity contribution < 1.29 is 4.79 Å². The first kappa shape index (κ1) is 14.3. The first-order chi connectivity index (χ1) is 8.22. The van der Waals surface area contributed by atoms with E-state index in [1.54, 1.807) is 0 Å². The molecule has 100 valence electrons. The summed E-state index contributed by atoms with van der Waals surface area (Å²) < 4.78 is 0. The molecule has 1 fully saturated rings. The Balaban J connectivity index is 2.33. The number of hydrogen-bond acceptors (Lipinski definition) is 3. The van der Waals surface area contributed by atoms with Crippen molar-refractivity contribution in [3.63, 3.8) is 0 Å². The lowest BCUT2D eigenvalue weighted by atomic mass is 10.3. The van der Waals surface area contributed by atoms with Crippen LogP contribution >= 0.6 is 0 Å². The fraction of sp³-hybridized carbons (Fsp3) is 0.917. The number of nitrogens with zero attached hydrogens (tertiary/aromatic N) is 3. The summed E-state index contributed by atoms with van der Waals surface area (Å²) in [7, 11) is 0. The quantitative estimate of drug-likeness (QED) is 0.760. The molecule has 2 N–H and O–H groups in total. The lowest BCUT2D eigenvalue weighted by molar-refractivity contribution is 0.115. The fourth-order valence-electron chi connectivity index (χ4n) is 2.17. The number of carbonyl (C=O) groups is 1. The molecule has 0 radical (unpaired) electrons. The molecule has 0 aromatic carbocycles. The molecule has 0 spiro atoms. The zero-order valence-electron chi connectivity index (χ0n) is 11.2. The highest BCUT2D eigenvalue weighted by Gasteiger charge is 2.23. The molecule has 2 amide bonds. The molecule has 1 heterocycles. The average Bonchev–Trinajstić information content (AvgIpc) is 2.38. The van der Waals surface area contributed by atoms with Crippen LogP contribution in [0.3, 0.4) is 0 Å². The minimum absolute atomic E-state index is 0.188. The van der Waals surface area contributed by atoms with Crippen LogP contribution in [0.15, 0.2) is 0 Å². The molecular formula is C12H26N4O. The molecule has 0 aromatic heterocycles. The summed E-state index contributed by atoms with van der Waals surface area (Å²) in [5.41, 5.74) is 5.50. The summed E-state index contributed by atoms with van der Waals surface area (Å²) >= 11 is 0. The number of carbonyl (C=O) groups excluding carboxylic acids is 1. The smallest absolute Gasteiger partial charge is 0.320 e. The topological polar surface area (TPSA) is 52.8 Å². The first-order valence-electron chi connectivity index (χ1n) is 6.69. The number of urea groups is 1. The highest BCUT2D eigenvalue weighted by Crippen LogP contribution is 2.06. The van der Waals surface area contributed by atoms with Crippen LogP contribution < -0.4 is 5.73 Å². The van der Waals surface area contributed by atoms with E-state index in [1.807, 2.05) is 23.6 Å². The van der Waals surface area contributed by atoms with Gasteiger partial charge < -0.3 is 15.5 Å². The van der Waals surface area contributed by atoms with Gasteiger partial charge in [-0.3, -0.25) is 4.90 Å². The molecule has 0 aromatic rings. The van der Waals surface area contributed by atoms with Gasteiger partial charge in [-0.05, 0) is 33.4 Å². The number of nitrogens with two attached hydrogens (primary N) is 1. The Morgan fingerprint density at radius 2 is 1.76 bits per heavy atom. The zero-order valence-corrected chi connectivity index (χ0v) is 11.2. The van der Waals surface area contributed by atoms with Crippen molar-refractivity contribution in [2.24, 2.45) is 5.73 Å². The molecule has 0 aliphatic carbocycles. The molecule has 0 bridgehead atoms. The van der Waals surface area contributed by atoms with Gasteiger partial charge in [-0.2, -0.15) is 0 Å². The van der Waals surface area contributed by atoms with Crippen LogP contribution in [-0.2, 0) is 0 Å². The van der Waals surface area contributed by atoms with Crippen molar-refractivity contribution >= 4 is 6.03 Å². The van der Waals surface area contributed by atoms with Crippen LogP contribution in [0.25, 0.3) is 0 Å². The van der Waals surface area contributed by atoms with Crippen LogP contribution in [0.5, 0.6) is 0 Å². The van der Waals surface area contributed by atoms with Gasteiger partial charge in [0.05, 0.1) is 0 Å². The Hall–Kier alpha value is -0.810. The molecule has 0 atom stereocenters. The van der Waals surface area contributed by atoms with Crippen LogP contribution in [0, 0.1) is 0 Å². The van der Waals surface area contributed by atoms with E-state index in [2.05, 4.69) is 4.90 Å². The minimum Gasteiger partial charge on any atom is -0.330 e. The average molecular weight is 242 g/mol. The van der Waals surface area contributed by atoms with Crippen LogP contribution in [0.1, 0.15) is 20.3 Å². The third kappa shape index (κ3) is 4.16. The van der Waals surface area contributed by atoms with Crippen LogP contribution in [0.2, 0.25) is 0 Å². The third-order valence-corrected chi connectivity index (χ3v) is 3.36. The lowest BCUT2D eigenvalue weighted by Crippen LogP contribution is -2.53. The monoisotopic (exact) mass is 242 g/mol. The maximum Gasteiger partial charge on any atom is 0.320 e. The second-order valence-corrected chi connectivity index (χ2v) is 4.43. The van der Waals surface area contributed by atoms with E-state index in [-0.39, 0.29) is 6.03 Å². The minimum atomic E-state index is 0.188. The third-order valence-electron chi connectivity index (χ3n) is 3.36. The molecule has 0 unspecified atom stereocenters. The van der Waals surface area contributed by atoms with E-state index in [0.717, 1.165) is 58.8 Å². The number of amides is 2. The van der Waals surface area contributed by atoms with Gasteiger partial charge in [0.1, 0.15) is 0 Å². The van der Waals surface area contributed by atoms with Crippen LogP contribution in [-0.4, -0.2) is 73.1 Å². The maximum absolute atomic E-state index is 12.1. The fourth-order valence-corrected chi connectivity index (χ4v) is 2.17. The summed E-state index contributed by atoms with van der Waals surface area (Å²) in [4.78, 5) is 18.3. The number of piperazine rings is 1. The molecule has 0 saturated carbocycles. The highest BCUT2D eigenvalue weighted by molar-refractivity contribution is 5.74. The standard InChI is InChI=1S/C12H26N4O/c1-3-15(4-2)12(17)16-10-8-14(9-11-16)7-5-6-13/h3-11,13H2,1-2H3. The Morgan fingerprint density at radius 1 is 1.18 bits per heavy atom. The summed E-state index contributed by atoms with van der Waals surface area (Å²) in [6.45, 7) is 11.1. The van der Waals surface area contributed by atoms with Gasteiger partial charge in [0.2, 0.25) is 0 Å². The van der Waals surface area contributed by atoms with E-state index in [0.29, 0.717) is 0 Å². The van der Waals surface area contributed by atoms with E-state index < -0.39 is 0 Å². The second-order valence-electron chi connectivity index (χ2n) is 4.43. The molecule has 1 aliphatic heterocycles. The van der Waals surface area contributed by atoms with Crippen LogP contribution in [0.4, 0.5) is 4.79 Å². The maximum atomic E-state index is 12.1. The Labute approximate surface area is 105 Å². The van der Waals surface area contributed by atoms with Crippen molar-refractivity contribution in [2.75, 3.05) is 52.4 Å². The summed E-state index contributed by atoms with van der Waals surface area (Å²) in [6, 6.07) is 0.188. The molecule has 1 aliphatic rings. The molecule has 1 saturated heterocycles. The van der Waals surface area contributed by atoms with Gasteiger partial charge in [-0.1, -0.05) is 0 Å². The summed E-state index contributed by atoms with van der Waals surface area (Å²) in [5.74, 6) is 0. The Bertz CT molecular complexity index is 223. The Morgan fingerprint density at radius 3 is 2.24 bits per heavy atom. The normalized spacial score (nSPS) is 17.2. The summed E-state index contributed by atoms with van der Waals surface area (Å²) in [5, 5.41) is 0. The first-order valence-corrected chi connectivity index (χ1v) is 6.69. The van der Waals surface area contributed by atoms with E-state index in [9.17, 15) is 4.79 Å². The number of hydrogen-bond donors (Lipinski definition) is 1. The van der Waals surface area contributed by atoms with E-state index >= 15 is 0 Å². The predicted octanol–water partition coefficient (Wildman–Crippen LogP) is 0.415. The molecule has 5 nitrogen and oxygen atoms in total. The lowest BCUT2D eigenvalue weighted by Gasteiger charge is -2.37. The SMILES string of the molecule is CCN(CC)C(=O)N1CCN(CCCN)CC1. The van der Waals surface area contributed by atoms with Gasteiger partial charge >= 0.3 is 6.03 Å². The molecule has 1 rings (SSSR count). The van der Waals surface area contributed by atoms with Crippen molar-refractivity contribution in [1.29, 1.82) is 0 Å². The van der Waals surface area contributed by atoms with Crippen molar-refractivity contribution in [1.82, 2.24) is 14.7 Å². The van der Waals surface area contributed by atoms with Gasteiger partial charge in [0.25, 0.3) is 0 Å². The van der Waals surface area contributed by atoms with E-state index in [1.165, 1.54) is 0 Å². The number of rotatable bonds is 5. The van der Waals surface area contributed by atoms with Gasteiger partial charge in [-0.15, -0.1) is 0 Å². The zero-order chi connectivity index (χ0) is 12.7. The van der Waals surface area contributed by atoms with Gasteiger partial charge in [0, 0.05) is 39.3 Å². The van der Waals surface area contributed by atoms with Crippen molar-refractivity contribution in [2.45, 2.75) is 20.3 Å². The summed E-state index contributed by atoms with van der Waals surface area (Å²) in [6.07, 6.45) is 1.05. The molecule has 5 heteroatoms. The highest BCUT2D eigenvalue weighted by atomic mass is 16.2. The molecular weight excluding hydrogens is 216 g/mol. The Kier molecular flexibility index (Phi) is 6.29. The van der Waals surface area contributed by atoms with Crippen molar-refractivity contribution in [3.05, 3.63) is 0 Å². The van der Waals surface area contributed by atoms with Crippen molar-refractivity contribution in [3.8, 4) is 0 Å². The largest absolute Gasteiger partial charge is 0.330 e. The van der Waals surface area contributed by atoms with Gasteiger partial charge in [0.15, 0.2) is 0 Å². The predicted molar refractivity (Wildman–Crippen MR) is 70.0 cm³/mol. The second kappa shape index (κ2) is 7.50. The van der Waals surface area contributed by atoms with Gasteiger partial charge in [-0.25, -0.2) is 4.79 Å².